The SMILES string of the molecule is O=C(O)c1ccncc1C(=O)N1Cc2ccccc2Oc2ccc(Cl)cc21. The van der Waals surface area contributed by atoms with Gasteiger partial charge in [-0.15, -0.1) is 0 Å². The third-order valence-electron chi connectivity index (χ3n) is 4.26. The molecule has 0 radical (unpaired) electrons. The summed E-state index contributed by atoms with van der Waals surface area (Å²) in [4.78, 5) is 30.2. The van der Waals surface area contributed by atoms with E-state index in [-0.39, 0.29) is 17.7 Å². The number of anilines is 1. The summed E-state index contributed by atoms with van der Waals surface area (Å²) < 4.78 is 5.97. The molecule has 6 nitrogen and oxygen atoms in total. The summed E-state index contributed by atoms with van der Waals surface area (Å²) in [7, 11) is 0. The fourth-order valence-electron chi connectivity index (χ4n) is 2.97. The largest absolute Gasteiger partial charge is 0.478 e. The zero-order valence-corrected chi connectivity index (χ0v) is 14.7. The van der Waals surface area contributed by atoms with E-state index in [1.807, 2.05) is 24.3 Å². The quantitative estimate of drug-likeness (QED) is 0.713. The Kier molecular flexibility index (Phi) is 4.25. The first kappa shape index (κ1) is 17.1. The summed E-state index contributed by atoms with van der Waals surface area (Å²) in [6, 6.07) is 13.6. The summed E-state index contributed by atoms with van der Waals surface area (Å²) >= 11 is 6.14. The Morgan fingerprint density at radius 1 is 1.07 bits per heavy atom. The summed E-state index contributed by atoms with van der Waals surface area (Å²) in [5, 5.41) is 9.86. The second-order valence-electron chi connectivity index (χ2n) is 5.94. The Balaban J connectivity index is 1.88. The van der Waals surface area contributed by atoms with E-state index in [1.165, 1.54) is 23.4 Å². The van der Waals surface area contributed by atoms with Crippen molar-refractivity contribution in [2.75, 3.05) is 4.90 Å². The molecule has 134 valence electrons. The molecule has 0 saturated heterocycles. The highest BCUT2D eigenvalue weighted by atomic mass is 35.5. The van der Waals surface area contributed by atoms with Crippen LogP contribution in [0.1, 0.15) is 26.3 Å². The summed E-state index contributed by atoms with van der Waals surface area (Å²) in [6.45, 7) is 0.205. The lowest BCUT2D eigenvalue weighted by Crippen LogP contribution is -2.31. The van der Waals surface area contributed by atoms with Crippen molar-refractivity contribution in [3.63, 3.8) is 0 Å². The molecule has 2 aromatic carbocycles. The monoisotopic (exact) mass is 380 g/mol. The first-order valence-corrected chi connectivity index (χ1v) is 8.47. The van der Waals surface area contributed by atoms with Gasteiger partial charge < -0.3 is 14.7 Å². The number of carbonyl (C=O) groups is 2. The number of carboxylic acid groups (broad SMARTS) is 1. The molecule has 0 bridgehead atoms. The number of carbonyl (C=O) groups excluding carboxylic acids is 1. The number of nitrogens with zero attached hydrogens (tertiary/aromatic N) is 2. The third-order valence-corrected chi connectivity index (χ3v) is 4.49. The number of halogens is 1. The van der Waals surface area contributed by atoms with Gasteiger partial charge in [0.15, 0.2) is 5.75 Å². The Bertz CT molecular complexity index is 1070. The van der Waals surface area contributed by atoms with Gasteiger partial charge in [0, 0.05) is 23.0 Å². The van der Waals surface area contributed by atoms with Gasteiger partial charge in [-0.05, 0) is 30.3 Å². The Hall–Kier alpha value is -3.38. The van der Waals surface area contributed by atoms with Gasteiger partial charge >= 0.3 is 5.97 Å². The first-order chi connectivity index (χ1) is 13.0. The number of pyridine rings is 1. The molecule has 1 N–H and O–H groups in total. The van der Waals surface area contributed by atoms with Gasteiger partial charge in [0.05, 0.1) is 23.4 Å². The highest BCUT2D eigenvalue weighted by molar-refractivity contribution is 6.31. The van der Waals surface area contributed by atoms with Crippen LogP contribution >= 0.6 is 11.6 Å². The van der Waals surface area contributed by atoms with Gasteiger partial charge in [-0.3, -0.25) is 9.78 Å². The van der Waals surface area contributed by atoms with E-state index in [0.29, 0.717) is 22.2 Å². The number of rotatable bonds is 2. The van der Waals surface area contributed by atoms with Gasteiger partial charge in [0.25, 0.3) is 5.91 Å². The van der Waals surface area contributed by atoms with Crippen molar-refractivity contribution in [1.82, 2.24) is 4.98 Å². The molecule has 1 aliphatic heterocycles. The highest BCUT2D eigenvalue weighted by Crippen LogP contribution is 2.41. The maximum absolute atomic E-state index is 13.3. The number of hydrogen-bond acceptors (Lipinski definition) is 4. The van der Waals surface area contributed by atoms with E-state index in [2.05, 4.69) is 4.98 Å². The number of carboxylic acids is 1. The fraction of sp³-hybridized carbons (Fsp3) is 0.0500. The minimum atomic E-state index is -1.20. The van der Waals surface area contributed by atoms with E-state index in [0.717, 1.165) is 5.56 Å². The molecule has 7 heteroatoms. The summed E-state index contributed by atoms with van der Waals surface area (Å²) in [5.74, 6) is -0.609. The number of benzene rings is 2. The maximum Gasteiger partial charge on any atom is 0.336 e. The van der Waals surface area contributed by atoms with Crippen molar-refractivity contribution in [3.05, 3.63) is 82.6 Å². The molecular formula is C20H13ClN2O4. The number of aromatic nitrogens is 1. The molecule has 2 heterocycles. The predicted octanol–water partition coefficient (Wildman–Crippen LogP) is 4.39. The van der Waals surface area contributed by atoms with Gasteiger partial charge in [0.2, 0.25) is 0 Å². The van der Waals surface area contributed by atoms with Crippen molar-refractivity contribution < 1.29 is 19.4 Å². The number of hydrogen-bond donors (Lipinski definition) is 1. The van der Waals surface area contributed by atoms with Gasteiger partial charge in [-0.1, -0.05) is 29.8 Å². The van der Waals surface area contributed by atoms with Crippen LogP contribution in [0.4, 0.5) is 5.69 Å². The Morgan fingerprint density at radius 2 is 1.89 bits per heavy atom. The Labute approximate surface area is 159 Å². The molecule has 0 atom stereocenters. The van der Waals surface area contributed by atoms with Crippen molar-refractivity contribution in [3.8, 4) is 11.5 Å². The van der Waals surface area contributed by atoms with Crippen LogP contribution in [0, 0.1) is 0 Å². The zero-order chi connectivity index (χ0) is 19.0. The molecule has 1 amide bonds. The minimum Gasteiger partial charge on any atom is -0.478 e. The lowest BCUT2D eigenvalue weighted by atomic mass is 10.1. The molecule has 27 heavy (non-hydrogen) atoms. The number of fused-ring (bicyclic) bond motifs is 2. The third kappa shape index (κ3) is 3.11. The second kappa shape index (κ2) is 6.74. The molecule has 4 rings (SSSR count). The summed E-state index contributed by atoms with van der Waals surface area (Å²) in [6.07, 6.45) is 2.60. The average molecular weight is 381 g/mol. The predicted molar refractivity (Wildman–Crippen MR) is 99.7 cm³/mol. The van der Waals surface area contributed by atoms with E-state index in [1.54, 1.807) is 18.2 Å². The standard InChI is InChI=1S/C20H13ClN2O4/c21-13-5-6-18-16(9-13)23(11-12-3-1-2-4-17(12)27-18)19(24)15-10-22-8-7-14(15)20(25)26/h1-10H,11H2,(H,25,26). The van der Waals surface area contributed by atoms with Crippen LogP contribution in [0.2, 0.25) is 5.02 Å². The smallest absolute Gasteiger partial charge is 0.336 e. The van der Waals surface area contributed by atoms with Crippen LogP contribution in [0.25, 0.3) is 0 Å². The van der Waals surface area contributed by atoms with Crippen molar-refractivity contribution in [2.45, 2.75) is 6.54 Å². The van der Waals surface area contributed by atoms with E-state index in [4.69, 9.17) is 16.3 Å². The molecule has 1 aliphatic rings. The maximum atomic E-state index is 13.3. The van der Waals surface area contributed by atoms with Gasteiger partial charge in [0.1, 0.15) is 5.75 Å². The second-order valence-corrected chi connectivity index (χ2v) is 6.38. The summed E-state index contributed by atoms with van der Waals surface area (Å²) in [5.41, 5.74) is 1.13. The van der Waals surface area contributed by atoms with Crippen LogP contribution < -0.4 is 9.64 Å². The van der Waals surface area contributed by atoms with Crippen molar-refractivity contribution in [2.24, 2.45) is 0 Å². The Morgan fingerprint density at radius 3 is 2.70 bits per heavy atom. The molecule has 1 aromatic heterocycles. The molecular weight excluding hydrogens is 368 g/mol. The highest BCUT2D eigenvalue weighted by Gasteiger charge is 2.29. The lowest BCUT2D eigenvalue weighted by molar-refractivity contribution is 0.0691. The van der Waals surface area contributed by atoms with Crippen LogP contribution in [-0.2, 0) is 6.54 Å². The molecule has 0 unspecified atom stereocenters. The van der Waals surface area contributed by atoms with E-state index < -0.39 is 11.9 Å². The number of para-hydroxylation sites is 1. The number of amides is 1. The minimum absolute atomic E-state index is 0.00435. The fourth-order valence-corrected chi connectivity index (χ4v) is 3.14. The number of aromatic carboxylic acids is 1. The molecule has 0 saturated carbocycles. The molecule has 0 spiro atoms. The van der Waals surface area contributed by atoms with Crippen LogP contribution in [0.3, 0.4) is 0 Å². The first-order valence-electron chi connectivity index (χ1n) is 8.09. The van der Waals surface area contributed by atoms with Gasteiger partial charge in [-0.2, -0.15) is 0 Å². The normalized spacial score (nSPS) is 12.4. The van der Waals surface area contributed by atoms with Crippen LogP contribution in [0.15, 0.2) is 60.9 Å². The van der Waals surface area contributed by atoms with Gasteiger partial charge in [-0.25, -0.2) is 4.79 Å². The van der Waals surface area contributed by atoms with Crippen LogP contribution in [0.5, 0.6) is 11.5 Å². The molecule has 0 aliphatic carbocycles. The molecule has 3 aromatic rings. The topological polar surface area (TPSA) is 79.7 Å². The molecule has 0 fully saturated rings. The zero-order valence-electron chi connectivity index (χ0n) is 13.9. The van der Waals surface area contributed by atoms with Crippen molar-refractivity contribution >= 4 is 29.2 Å². The average Bonchev–Trinajstić information content (AvgIpc) is 2.84. The lowest BCUT2D eigenvalue weighted by Gasteiger charge is -2.22. The van der Waals surface area contributed by atoms with E-state index >= 15 is 0 Å². The number of ether oxygens (including phenoxy) is 1. The van der Waals surface area contributed by atoms with E-state index in [9.17, 15) is 14.7 Å². The van der Waals surface area contributed by atoms with Crippen LogP contribution in [-0.4, -0.2) is 22.0 Å². The van der Waals surface area contributed by atoms with Crippen molar-refractivity contribution in [1.29, 1.82) is 0 Å².